The SMILES string of the molecule is O.O=[N+]([O-])[O-].[CH-]=O.[CH-]=O.[CH-]=O.[Re].c1ccc2sc(-c3nc4c5cccnc5c5ncccc5c4[nH]3)cc2c1. The summed E-state index contributed by atoms with van der Waals surface area (Å²) in [6.07, 6.45) is 3.62. The Balaban J connectivity index is 0.00000102. The number of aromatic nitrogens is 4. The maximum atomic E-state index is 8.25. The quantitative estimate of drug-likeness (QED) is 0.0871. The first-order valence-electron chi connectivity index (χ1n) is 9.64. The molecule has 0 amide bonds. The van der Waals surface area contributed by atoms with E-state index in [4.69, 9.17) is 34.7 Å². The Hall–Kier alpha value is -4.48. The van der Waals surface area contributed by atoms with Crippen LogP contribution in [0.25, 0.3) is 53.6 Å². The summed E-state index contributed by atoms with van der Waals surface area (Å²) < 4.78 is 1.26. The van der Waals surface area contributed by atoms with Crippen LogP contribution in [0.4, 0.5) is 0 Å². The molecule has 0 aliphatic heterocycles. The van der Waals surface area contributed by atoms with E-state index in [0.717, 1.165) is 43.5 Å². The molecule has 0 aliphatic rings. The second-order valence-corrected chi connectivity index (χ2v) is 7.56. The number of nitrogens with zero attached hydrogens (tertiary/aromatic N) is 4. The van der Waals surface area contributed by atoms with Crippen molar-refractivity contribution in [1.29, 1.82) is 0 Å². The minimum atomic E-state index is -1.75. The molecule has 1 radical (unpaired) electrons. The Kier molecular flexibility index (Phi) is 14.4. The van der Waals surface area contributed by atoms with Gasteiger partial charge in [-0.1, -0.05) is 18.2 Å². The molecular weight excluding hydrogens is 689 g/mol. The van der Waals surface area contributed by atoms with Gasteiger partial charge in [-0.3, -0.25) is 30.3 Å². The Morgan fingerprint density at radius 2 is 1.32 bits per heavy atom. The summed E-state index contributed by atoms with van der Waals surface area (Å²) in [5, 5.41) is 18.1. The Bertz CT molecular complexity index is 1510. The molecule has 6 aromatic rings. The Morgan fingerprint density at radius 1 is 0.789 bits per heavy atom. The number of thiophene rings is 1. The molecule has 2 aromatic carbocycles. The molecule has 0 atom stereocenters. The third kappa shape index (κ3) is 7.05. The minimum absolute atomic E-state index is 0. The molecule has 12 nitrogen and oxygen atoms in total. The van der Waals surface area contributed by atoms with Crippen LogP contribution in [0.2, 0.25) is 0 Å². The van der Waals surface area contributed by atoms with Gasteiger partial charge in [0.05, 0.1) is 32.0 Å². The molecule has 6 rings (SSSR count). The van der Waals surface area contributed by atoms with Crippen molar-refractivity contribution in [3.05, 3.63) is 82.3 Å². The number of carbonyl (C=O) groups excluding carboxylic acids is 3. The average molecular weight is 706 g/mol. The maximum absolute atomic E-state index is 8.25. The largest absolute Gasteiger partial charge is 0.545 e. The fourth-order valence-corrected chi connectivity index (χ4v) is 4.57. The van der Waals surface area contributed by atoms with Gasteiger partial charge in [-0.25, -0.2) is 4.98 Å². The summed E-state index contributed by atoms with van der Waals surface area (Å²) in [6, 6.07) is 18.6. The van der Waals surface area contributed by atoms with E-state index in [1.54, 1.807) is 11.3 Å². The molecule has 4 heterocycles. The van der Waals surface area contributed by atoms with Crippen LogP contribution in [0.3, 0.4) is 0 Å². The number of aromatic amines is 1. The number of nitrogens with one attached hydrogen (secondary N) is 1. The van der Waals surface area contributed by atoms with Crippen molar-refractivity contribution in [2.75, 3.05) is 0 Å². The number of H-pyrrole nitrogens is 1. The van der Waals surface area contributed by atoms with Crippen LogP contribution < -0.4 is 0 Å². The van der Waals surface area contributed by atoms with Crippen LogP contribution in [0, 0.1) is 15.3 Å². The molecule has 38 heavy (non-hydrogen) atoms. The molecular formula is C24H17N5O7ReS-4. The van der Waals surface area contributed by atoms with E-state index in [9.17, 15) is 0 Å². The first-order valence-corrected chi connectivity index (χ1v) is 10.5. The Morgan fingerprint density at radius 3 is 1.89 bits per heavy atom. The zero-order chi connectivity index (χ0) is 26.7. The van der Waals surface area contributed by atoms with Crippen molar-refractivity contribution >= 4 is 74.6 Å². The van der Waals surface area contributed by atoms with Gasteiger partial charge in [-0.05, 0) is 41.8 Å². The van der Waals surface area contributed by atoms with Gasteiger partial charge in [0.1, 0.15) is 5.82 Å². The molecule has 197 valence electrons. The van der Waals surface area contributed by atoms with E-state index < -0.39 is 5.09 Å². The summed E-state index contributed by atoms with van der Waals surface area (Å²) in [5.41, 5.74) is 3.76. The first kappa shape index (κ1) is 33.5. The molecule has 3 N–H and O–H groups in total. The minimum Gasteiger partial charge on any atom is -0.545 e. The van der Waals surface area contributed by atoms with Gasteiger partial charge in [0, 0.05) is 48.3 Å². The predicted octanol–water partition coefficient (Wildman–Crippen LogP) is 3.65. The van der Waals surface area contributed by atoms with Gasteiger partial charge in [-0.15, -0.1) is 11.3 Å². The van der Waals surface area contributed by atoms with Crippen LogP contribution in [0.15, 0.2) is 67.0 Å². The zero-order valence-corrected chi connectivity index (χ0v) is 22.6. The molecule has 0 bridgehead atoms. The number of hydrogen-bond acceptors (Lipinski definition) is 10. The summed E-state index contributed by atoms with van der Waals surface area (Å²) in [4.78, 5) is 50.2. The molecule has 4 aromatic heterocycles. The zero-order valence-electron chi connectivity index (χ0n) is 19.1. The summed E-state index contributed by atoms with van der Waals surface area (Å²) >= 11 is 1.75. The normalized spacial score (nSPS) is 9.05. The molecule has 0 fully saturated rings. The summed E-state index contributed by atoms with van der Waals surface area (Å²) in [6.45, 7) is 9.75. The van der Waals surface area contributed by atoms with Gasteiger partial charge in [-0.2, -0.15) is 0 Å². The predicted molar refractivity (Wildman–Crippen MR) is 142 cm³/mol. The van der Waals surface area contributed by atoms with E-state index in [2.05, 4.69) is 77.8 Å². The van der Waals surface area contributed by atoms with E-state index in [0.29, 0.717) is 0 Å². The van der Waals surface area contributed by atoms with E-state index >= 15 is 0 Å². The molecule has 0 aliphatic carbocycles. The molecule has 0 unspecified atom stereocenters. The monoisotopic (exact) mass is 706 g/mol. The van der Waals surface area contributed by atoms with Crippen LogP contribution >= 0.6 is 11.3 Å². The van der Waals surface area contributed by atoms with Crippen molar-refractivity contribution in [3.8, 4) is 10.7 Å². The van der Waals surface area contributed by atoms with Gasteiger partial charge < -0.3 is 40.2 Å². The number of hydrogen-bond donors (Lipinski definition) is 1. The van der Waals surface area contributed by atoms with Crippen molar-refractivity contribution < 1.29 is 45.4 Å². The summed E-state index contributed by atoms with van der Waals surface area (Å²) in [5.74, 6) is 0.891. The second kappa shape index (κ2) is 16.3. The second-order valence-electron chi connectivity index (χ2n) is 6.48. The number of pyridine rings is 2. The van der Waals surface area contributed by atoms with Crippen molar-refractivity contribution in [2.24, 2.45) is 0 Å². The number of rotatable bonds is 1. The topological polar surface area (TPSA) is 203 Å². The average Bonchev–Trinajstić information content (AvgIpc) is 3.57. The van der Waals surface area contributed by atoms with Crippen molar-refractivity contribution in [1.82, 2.24) is 19.9 Å². The van der Waals surface area contributed by atoms with E-state index in [-0.39, 0.29) is 25.9 Å². The van der Waals surface area contributed by atoms with Crippen LogP contribution in [0.5, 0.6) is 0 Å². The molecule has 14 heteroatoms. The van der Waals surface area contributed by atoms with Crippen molar-refractivity contribution in [2.45, 2.75) is 0 Å². The molecule has 0 saturated heterocycles. The van der Waals surface area contributed by atoms with E-state index in [1.165, 1.54) is 10.1 Å². The van der Waals surface area contributed by atoms with Gasteiger partial charge >= 0.3 is 0 Å². The third-order valence-electron chi connectivity index (χ3n) is 4.73. The smallest absolute Gasteiger partial charge is 0.148 e. The fourth-order valence-electron chi connectivity index (χ4n) is 3.56. The third-order valence-corrected chi connectivity index (χ3v) is 5.85. The molecule has 0 spiro atoms. The first-order chi connectivity index (χ1) is 17.6. The molecule has 0 saturated carbocycles. The van der Waals surface area contributed by atoms with Gasteiger partial charge in [0.15, 0.2) is 0 Å². The van der Waals surface area contributed by atoms with E-state index in [1.807, 2.05) is 24.5 Å². The van der Waals surface area contributed by atoms with Crippen LogP contribution in [-0.2, 0) is 34.8 Å². The summed E-state index contributed by atoms with van der Waals surface area (Å²) in [7, 11) is 0. The Labute approximate surface area is 232 Å². The number of imidazole rings is 1. The number of benzene rings is 2. The maximum Gasteiger partial charge on any atom is 0.148 e. The standard InChI is InChI=1S/C21H12N4S.3CHO.NO3.H2O.Re/c1-2-8-15-12(5-1)11-16(26-15)21-24-19-13-6-3-9-22-17(13)18-14(20(19)25-21)7-4-10-23-18;3*1-2;2-1(3)4;;/h1-11H,(H,24,25);3*1H;;1H2;/q;4*-1;;. The fraction of sp³-hybridized carbons (Fsp3) is 0. The van der Waals surface area contributed by atoms with Gasteiger partial charge in [0.25, 0.3) is 0 Å². The number of fused-ring (bicyclic) bond motifs is 7. The van der Waals surface area contributed by atoms with Crippen LogP contribution in [0.1, 0.15) is 0 Å². The van der Waals surface area contributed by atoms with Gasteiger partial charge in [0.2, 0.25) is 0 Å². The van der Waals surface area contributed by atoms with Crippen LogP contribution in [-0.4, -0.2) is 50.9 Å². The van der Waals surface area contributed by atoms with Crippen molar-refractivity contribution in [3.63, 3.8) is 0 Å².